The van der Waals surface area contributed by atoms with E-state index in [1.807, 2.05) is 48.7 Å². The first-order valence-corrected chi connectivity index (χ1v) is 12.6. The zero-order valence-corrected chi connectivity index (χ0v) is 20.2. The molecule has 0 spiro atoms. The lowest BCUT2D eigenvalue weighted by atomic mass is 9.95. The van der Waals surface area contributed by atoms with E-state index < -0.39 is 0 Å². The number of piperidine rings is 1. The third-order valence-electron chi connectivity index (χ3n) is 6.57. The summed E-state index contributed by atoms with van der Waals surface area (Å²) in [5, 5.41) is 5.16. The summed E-state index contributed by atoms with van der Waals surface area (Å²) in [6, 6.07) is 18.2. The van der Waals surface area contributed by atoms with Crippen LogP contribution in [-0.4, -0.2) is 29.0 Å². The van der Waals surface area contributed by atoms with Gasteiger partial charge in [0.15, 0.2) is 0 Å². The molecule has 0 aliphatic carbocycles. The summed E-state index contributed by atoms with van der Waals surface area (Å²) in [4.78, 5) is 35.6. The van der Waals surface area contributed by atoms with E-state index in [9.17, 15) is 9.59 Å². The molecule has 1 unspecified atom stereocenters. The Kier molecular flexibility index (Phi) is 6.20. The lowest BCUT2D eigenvalue weighted by Crippen LogP contribution is -2.42. The van der Waals surface area contributed by atoms with Gasteiger partial charge in [-0.2, -0.15) is 0 Å². The topological polar surface area (TPSA) is 78.1 Å². The number of fused-ring (bicyclic) bond motifs is 1. The average molecular weight is 473 g/mol. The summed E-state index contributed by atoms with van der Waals surface area (Å²) in [6.07, 6.45) is 1.45. The fourth-order valence-corrected chi connectivity index (χ4v) is 5.50. The Hall–Kier alpha value is -3.45. The van der Waals surface area contributed by atoms with Gasteiger partial charge in [0.25, 0.3) is 5.56 Å². The van der Waals surface area contributed by atoms with Crippen molar-refractivity contribution in [3.8, 4) is 11.1 Å². The van der Waals surface area contributed by atoms with Gasteiger partial charge in [-0.05, 0) is 37.8 Å². The maximum Gasteiger partial charge on any atom is 0.270 e. The van der Waals surface area contributed by atoms with E-state index >= 15 is 0 Å². The first-order valence-electron chi connectivity index (χ1n) is 11.7. The maximum absolute atomic E-state index is 12.8. The van der Waals surface area contributed by atoms with Gasteiger partial charge >= 0.3 is 0 Å². The number of H-pyrrole nitrogens is 1. The monoisotopic (exact) mass is 472 g/mol. The fourth-order valence-electron chi connectivity index (χ4n) is 4.59. The Balaban J connectivity index is 1.30. The van der Waals surface area contributed by atoms with Gasteiger partial charge in [-0.1, -0.05) is 60.2 Å². The van der Waals surface area contributed by atoms with Crippen molar-refractivity contribution >= 4 is 33.4 Å². The van der Waals surface area contributed by atoms with E-state index in [1.54, 1.807) is 0 Å². The summed E-state index contributed by atoms with van der Waals surface area (Å²) in [7, 11) is 0. The van der Waals surface area contributed by atoms with Crippen LogP contribution >= 0.6 is 11.3 Å². The highest BCUT2D eigenvalue weighted by Crippen LogP contribution is 2.32. The third-order valence-corrected chi connectivity index (χ3v) is 7.53. The highest BCUT2D eigenvalue weighted by molar-refractivity contribution is 7.17. The van der Waals surface area contributed by atoms with Crippen molar-refractivity contribution in [3.63, 3.8) is 0 Å². The Morgan fingerprint density at radius 1 is 1.15 bits per heavy atom. The highest BCUT2D eigenvalue weighted by atomic mass is 32.1. The van der Waals surface area contributed by atoms with Crippen molar-refractivity contribution in [3.05, 3.63) is 81.5 Å². The number of nitrogens with one attached hydrogen (secondary N) is 2. The van der Waals surface area contributed by atoms with Gasteiger partial charge in [0.05, 0.1) is 11.6 Å². The zero-order valence-electron chi connectivity index (χ0n) is 19.4. The molecular weight excluding hydrogens is 444 g/mol. The molecule has 1 atom stereocenters. The molecule has 2 aromatic carbocycles. The number of thiophene rings is 1. The predicted octanol–water partition coefficient (Wildman–Crippen LogP) is 5.05. The normalized spacial score (nSPS) is 15.4. The molecule has 4 aromatic rings. The van der Waals surface area contributed by atoms with Crippen LogP contribution in [0, 0.1) is 12.8 Å². The smallest absolute Gasteiger partial charge is 0.270 e. The minimum atomic E-state index is -0.111. The molecular formula is C27H28N4O2S. The molecule has 2 N–H and O–H groups in total. The summed E-state index contributed by atoms with van der Waals surface area (Å²) in [6.45, 7) is 5.43. The van der Waals surface area contributed by atoms with Gasteiger partial charge in [-0.15, -0.1) is 11.3 Å². The molecule has 0 saturated carbocycles. The van der Waals surface area contributed by atoms with Crippen molar-refractivity contribution in [2.45, 2.75) is 32.7 Å². The van der Waals surface area contributed by atoms with Crippen molar-refractivity contribution in [1.29, 1.82) is 0 Å². The molecule has 2 aromatic heterocycles. The number of aromatic amines is 1. The van der Waals surface area contributed by atoms with Gasteiger partial charge in [0.2, 0.25) is 11.9 Å². The lowest BCUT2D eigenvalue weighted by molar-refractivity contribution is -0.126. The Morgan fingerprint density at radius 3 is 2.65 bits per heavy atom. The number of anilines is 1. The number of benzene rings is 2. The van der Waals surface area contributed by atoms with E-state index in [0.29, 0.717) is 23.7 Å². The number of aromatic nitrogens is 2. The Labute approximate surface area is 202 Å². The van der Waals surface area contributed by atoms with Crippen LogP contribution < -0.4 is 15.8 Å². The van der Waals surface area contributed by atoms with E-state index in [1.165, 1.54) is 16.9 Å². The number of carbonyl (C=O) groups excluding carboxylic acids is 1. The van der Waals surface area contributed by atoms with Gasteiger partial charge in [0, 0.05) is 30.0 Å². The van der Waals surface area contributed by atoms with Gasteiger partial charge < -0.3 is 10.2 Å². The van der Waals surface area contributed by atoms with Crippen LogP contribution in [0.4, 0.5) is 5.95 Å². The lowest BCUT2D eigenvalue weighted by Gasteiger charge is -2.32. The van der Waals surface area contributed by atoms with E-state index in [0.717, 1.165) is 35.0 Å². The van der Waals surface area contributed by atoms with Crippen LogP contribution in [0.3, 0.4) is 0 Å². The number of hydrogen-bond donors (Lipinski definition) is 2. The van der Waals surface area contributed by atoms with Gasteiger partial charge in [-0.3, -0.25) is 14.6 Å². The molecule has 174 valence electrons. The van der Waals surface area contributed by atoms with Crippen LogP contribution in [-0.2, 0) is 4.79 Å². The van der Waals surface area contributed by atoms with Crippen molar-refractivity contribution in [2.75, 3.05) is 18.0 Å². The molecule has 5 rings (SSSR count). The van der Waals surface area contributed by atoms with E-state index in [-0.39, 0.29) is 23.4 Å². The SMILES string of the molecule is Cc1cccc(-c2csc3c(=O)[nH]c(N4CCC(C(=O)NC(C)c5ccccc5)CC4)nc23)c1. The fraction of sp³-hybridized carbons (Fsp3) is 0.296. The Morgan fingerprint density at radius 2 is 1.91 bits per heavy atom. The average Bonchev–Trinajstić information content (AvgIpc) is 3.29. The van der Waals surface area contributed by atoms with Crippen molar-refractivity contribution in [1.82, 2.24) is 15.3 Å². The predicted molar refractivity (Wildman–Crippen MR) is 138 cm³/mol. The number of carbonyl (C=O) groups is 1. The molecule has 1 aliphatic heterocycles. The Bertz CT molecular complexity index is 1370. The third kappa shape index (κ3) is 4.48. The molecule has 34 heavy (non-hydrogen) atoms. The number of rotatable bonds is 5. The van der Waals surface area contributed by atoms with Gasteiger partial charge in [-0.25, -0.2) is 4.98 Å². The molecule has 6 nitrogen and oxygen atoms in total. The molecule has 1 aliphatic rings. The van der Waals surface area contributed by atoms with Crippen LogP contribution in [0.2, 0.25) is 0 Å². The minimum absolute atomic E-state index is 0.0224. The number of hydrogen-bond acceptors (Lipinski definition) is 5. The molecule has 1 fully saturated rings. The number of nitrogens with zero attached hydrogens (tertiary/aromatic N) is 2. The summed E-state index contributed by atoms with van der Waals surface area (Å²) < 4.78 is 0.643. The summed E-state index contributed by atoms with van der Waals surface area (Å²) in [5.74, 6) is 0.635. The molecule has 7 heteroatoms. The van der Waals surface area contributed by atoms with Crippen LogP contribution in [0.15, 0.2) is 64.8 Å². The minimum Gasteiger partial charge on any atom is -0.349 e. The summed E-state index contributed by atoms with van der Waals surface area (Å²) in [5.41, 5.74) is 4.96. The second-order valence-corrected chi connectivity index (χ2v) is 9.87. The van der Waals surface area contributed by atoms with E-state index in [2.05, 4.69) is 40.3 Å². The van der Waals surface area contributed by atoms with Crippen LogP contribution in [0.5, 0.6) is 0 Å². The van der Waals surface area contributed by atoms with Crippen molar-refractivity contribution < 1.29 is 4.79 Å². The molecule has 1 amide bonds. The maximum atomic E-state index is 12.8. The van der Waals surface area contributed by atoms with Crippen LogP contribution in [0.1, 0.15) is 36.9 Å². The zero-order chi connectivity index (χ0) is 23.7. The number of aryl methyl sites for hydroxylation is 1. The molecule has 3 heterocycles. The molecule has 0 bridgehead atoms. The van der Waals surface area contributed by atoms with Crippen molar-refractivity contribution in [2.24, 2.45) is 5.92 Å². The van der Waals surface area contributed by atoms with Crippen LogP contribution in [0.25, 0.3) is 21.3 Å². The second kappa shape index (κ2) is 9.43. The van der Waals surface area contributed by atoms with Gasteiger partial charge in [0.1, 0.15) is 4.70 Å². The highest BCUT2D eigenvalue weighted by Gasteiger charge is 2.27. The second-order valence-electron chi connectivity index (χ2n) is 8.99. The molecule has 1 saturated heterocycles. The standard InChI is InChI=1S/C27H28N4O2S/c1-17-7-6-10-21(15-17)22-16-34-24-23(22)29-27(30-26(24)33)31-13-11-20(12-14-31)25(32)28-18(2)19-8-4-3-5-9-19/h3-10,15-16,18,20H,11-14H2,1-2H3,(H,28,32)(H,29,30,33). The largest absolute Gasteiger partial charge is 0.349 e. The number of amides is 1. The first-order chi connectivity index (χ1) is 16.5. The summed E-state index contributed by atoms with van der Waals surface area (Å²) >= 11 is 1.43. The van der Waals surface area contributed by atoms with E-state index in [4.69, 9.17) is 4.98 Å². The first kappa shape index (κ1) is 22.3. The molecule has 0 radical (unpaired) electrons. The quantitative estimate of drug-likeness (QED) is 0.426.